The number of amides is 4. The van der Waals surface area contributed by atoms with Gasteiger partial charge in [0.05, 0.1) is 84.1 Å². The smallest absolute Gasteiger partial charge is 0.364 e. The van der Waals surface area contributed by atoms with Crippen molar-refractivity contribution in [3.63, 3.8) is 0 Å². The van der Waals surface area contributed by atoms with Crippen LogP contribution in [0.3, 0.4) is 0 Å². The Bertz CT molecular complexity index is 3420. The molecule has 4 aliphatic carbocycles. The Balaban J connectivity index is 0.825. The lowest BCUT2D eigenvalue weighted by atomic mass is 9.81. The van der Waals surface area contributed by atoms with Gasteiger partial charge in [0.1, 0.15) is 23.7 Å². The zero-order valence-corrected chi connectivity index (χ0v) is 46.6. The minimum atomic E-state index is -4.96. The third-order valence-corrected chi connectivity index (χ3v) is 16.9. The van der Waals surface area contributed by atoms with E-state index < -0.39 is 166 Å². The SMILES string of the molecule is CC(CC(CC(=O)N[C@@H](c1cnn2cc([C@@H](NC(=O)c3conc3CCC(F)(F)F)C3CCC(F)(F)CC3)nc2c1)C1CC1)C(F)(F)F)c1nocc1C(=O)N[C@H](c1cn2ncc([C@H](NC(=O)CCC(F)(F)F)C3CC3)cc2n1)C1CCC(F)(F)CC1. The topological polar surface area (TPSA) is 229 Å². The van der Waals surface area contributed by atoms with E-state index in [0.29, 0.717) is 36.8 Å². The summed E-state index contributed by atoms with van der Waals surface area (Å²) in [5.41, 5.74) is 0.488. The number of carbonyl (C=O) groups is 4. The summed E-state index contributed by atoms with van der Waals surface area (Å²) in [5.74, 6) is -14.5. The number of carbonyl (C=O) groups excluding carboxylic acids is 4. The number of hydrogen-bond acceptors (Lipinski definition) is 12. The van der Waals surface area contributed by atoms with Crippen LogP contribution in [0.5, 0.6) is 0 Å². The van der Waals surface area contributed by atoms with Crippen molar-refractivity contribution in [3.8, 4) is 0 Å². The fourth-order valence-electron chi connectivity index (χ4n) is 11.8. The molecule has 6 aromatic rings. The fourth-order valence-corrected chi connectivity index (χ4v) is 11.8. The van der Waals surface area contributed by atoms with Crippen molar-refractivity contribution in [3.05, 3.63) is 94.5 Å². The second-order valence-electron chi connectivity index (χ2n) is 23.7. The maximum atomic E-state index is 15.0. The van der Waals surface area contributed by atoms with Crippen LogP contribution in [0.1, 0.15) is 201 Å². The third kappa shape index (κ3) is 15.9. The van der Waals surface area contributed by atoms with Gasteiger partial charge in [-0.15, -0.1) is 0 Å². The highest BCUT2D eigenvalue weighted by Crippen LogP contribution is 2.46. The largest absolute Gasteiger partial charge is 0.392 e. The minimum Gasteiger partial charge on any atom is -0.364 e. The molecule has 4 N–H and O–H groups in total. The van der Waals surface area contributed by atoms with Crippen molar-refractivity contribution in [1.29, 1.82) is 0 Å². The molecule has 0 aromatic carbocycles. The maximum Gasteiger partial charge on any atom is 0.392 e. The van der Waals surface area contributed by atoms with E-state index in [2.05, 4.69) is 51.7 Å². The van der Waals surface area contributed by atoms with E-state index >= 15 is 13.2 Å². The van der Waals surface area contributed by atoms with Crippen molar-refractivity contribution in [1.82, 2.24) is 60.8 Å². The van der Waals surface area contributed by atoms with Gasteiger partial charge < -0.3 is 30.3 Å². The van der Waals surface area contributed by atoms with E-state index in [4.69, 9.17) is 9.05 Å². The zero-order valence-electron chi connectivity index (χ0n) is 46.6. The maximum absolute atomic E-state index is 15.0. The van der Waals surface area contributed by atoms with Gasteiger partial charge in [0.2, 0.25) is 23.7 Å². The van der Waals surface area contributed by atoms with Crippen LogP contribution in [0.2, 0.25) is 0 Å². The van der Waals surface area contributed by atoms with Crippen LogP contribution in [0.25, 0.3) is 11.3 Å². The van der Waals surface area contributed by atoms with E-state index in [1.165, 1.54) is 46.8 Å². The zero-order chi connectivity index (χ0) is 62.4. The number of halogens is 13. The number of aryl methyl sites for hydroxylation is 1. The molecule has 10 rings (SSSR count). The summed E-state index contributed by atoms with van der Waals surface area (Å²) in [7, 11) is 0. The van der Waals surface area contributed by atoms with E-state index in [1.807, 2.05) is 0 Å². The summed E-state index contributed by atoms with van der Waals surface area (Å²) >= 11 is 0. The number of imidazole rings is 2. The highest BCUT2D eigenvalue weighted by molar-refractivity contribution is 5.96. The third-order valence-electron chi connectivity index (χ3n) is 16.9. The van der Waals surface area contributed by atoms with Crippen molar-refractivity contribution in [2.45, 2.75) is 183 Å². The monoisotopic (exact) mass is 1240 g/mol. The van der Waals surface area contributed by atoms with Crippen molar-refractivity contribution < 1.29 is 85.3 Å². The summed E-state index contributed by atoms with van der Waals surface area (Å²) in [5, 5.41) is 27.2. The van der Waals surface area contributed by atoms with Crippen LogP contribution in [-0.4, -0.2) is 93.5 Å². The Hall–Kier alpha value is -7.37. The Labute approximate surface area is 486 Å². The average molecular weight is 1250 g/mol. The van der Waals surface area contributed by atoms with Crippen LogP contribution in [0.4, 0.5) is 57.1 Å². The first-order valence-electron chi connectivity index (χ1n) is 28.7. The number of nitrogens with one attached hydrogen (secondary N) is 4. The molecule has 6 heterocycles. The first-order chi connectivity index (χ1) is 40.9. The lowest BCUT2D eigenvalue weighted by Gasteiger charge is -2.33. The summed E-state index contributed by atoms with van der Waals surface area (Å²) in [6.07, 6.45) is -12.2. The van der Waals surface area contributed by atoms with E-state index in [-0.39, 0.29) is 82.7 Å². The molecule has 4 amide bonds. The van der Waals surface area contributed by atoms with E-state index in [9.17, 15) is 63.1 Å². The van der Waals surface area contributed by atoms with Crippen LogP contribution in [-0.2, 0) is 16.0 Å². The molecular weight excluding hydrogens is 1180 g/mol. The van der Waals surface area contributed by atoms with Gasteiger partial charge in [-0.2, -0.15) is 49.7 Å². The van der Waals surface area contributed by atoms with Crippen molar-refractivity contribution >= 4 is 34.9 Å². The number of alkyl halides is 13. The van der Waals surface area contributed by atoms with Gasteiger partial charge in [-0.05, 0) is 105 Å². The molecule has 0 aliphatic heterocycles. The molecule has 0 bridgehead atoms. The molecule has 472 valence electrons. The molecule has 2 unspecified atom stereocenters. The highest BCUT2D eigenvalue weighted by Gasteiger charge is 2.46. The predicted octanol–water partition coefficient (Wildman–Crippen LogP) is 12.1. The number of fused-ring (bicyclic) bond motifs is 2. The molecule has 6 atom stereocenters. The summed E-state index contributed by atoms with van der Waals surface area (Å²) in [6, 6.07) is -0.548. The highest BCUT2D eigenvalue weighted by atomic mass is 19.4. The Morgan fingerprint density at radius 1 is 0.598 bits per heavy atom. The molecule has 87 heavy (non-hydrogen) atoms. The second-order valence-corrected chi connectivity index (χ2v) is 23.7. The number of nitrogens with zero attached hydrogens (tertiary/aromatic N) is 8. The number of hydrogen-bond donors (Lipinski definition) is 4. The van der Waals surface area contributed by atoms with Crippen molar-refractivity contribution in [2.75, 3.05) is 0 Å². The average Bonchev–Trinajstić information content (AvgIpc) is 2.05. The molecule has 18 nitrogen and oxygen atoms in total. The van der Waals surface area contributed by atoms with Gasteiger partial charge in [0, 0.05) is 57.3 Å². The fraction of sp³-hybridized carbons (Fsp3) is 0.607. The van der Waals surface area contributed by atoms with Crippen LogP contribution >= 0.6 is 0 Å². The molecule has 6 aromatic heterocycles. The Morgan fingerprint density at radius 2 is 1.05 bits per heavy atom. The van der Waals surface area contributed by atoms with Gasteiger partial charge in [-0.25, -0.2) is 36.6 Å². The molecule has 4 fully saturated rings. The van der Waals surface area contributed by atoms with Gasteiger partial charge in [-0.1, -0.05) is 17.2 Å². The Kier molecular flexibility index (Phi) is 17.8. The normalized spacial score (nSPS) is 19.9. The first-order valence-corrected chi connectivity index (χ1v) is 28.7. The van der Waals surface area contributed by atoms with Gasteiger partial charge in [-0.3, -0.25) is 19.2 Å². The van der Waals surface area contributed by atoms with Gasteiger partial charge in [0.25, 0.3) is 11.8 Å². The van der Waals surface area contributed by atoms with E-state index in [1.54, 1.807) is 6.07 Å². The second kappa shape index (κ2) is 24.7. The van der Waals surface area contributed by atoms with Crippen LogP contribution in [0.15, 0.2) is 58.5 Å². The number of rotatable bonds is 23. The quantitative estimate of drug-likeness (QED) is 0.0439. The lowest BCUT2D eigenvalue weighted by molar-refractivity contribution is -0.181. The molecule has 4 saturated carbocycles. The predicted molar refractivity (Wildman–Crippen MR) is 277 cm³/mol. The van der Waals surface area contributed by atoms with Crippen LogP contribution in [0, 0.1) is 29.6 Å². The van der Waals surface area contributed by atoms with Gasteiger partial charge >= 0.3 is 18.5 Å². The molecule has 0 saturated heterocycles. The Morgan fingerprint density at radius 3 is 1.52 bits per heavy atom. The standard InChI is InChI=1S/C56H61F13N12O6/c1-28(45-37(27-87-79-45)51(85)77-49(32-8-14-53(59,60)15-9-32)40-25-81-41(73-40)19-33(22-70-81)46(29-2-3-29)74-43(82)11-17-55(64,65)66)18-35(56(67,68)69)21-44(83)75-47(30-4-5-30)34-20-42-72-39(24-80(42)71-23-34)48(31-6-12-52(57,58)13-7-31)76-50(84)36-26-86-78-38(36)10-16-54(61,62)63/h19-20,22-32,35,46-49H,2-18,21H2,1H3,(H,74,82)(H,75,83)(H,76,84)(H,77,85)/t28?,35?,46-,47-,48+,49+/m1/s1. The van der Waals surface area contributed by atoms with Crippen molar-refractivity contribution in [2.24, 2.45) is 29.6 Å². The minimum absolute atomic E-state index is 0.0587. The van der Waals surface area contributed by atoms with Crippen LogP contribution < -0.4 is 21.3 Å². The van der Waals surface area contributed by atoms with E-state index in [0.717, 1.165) is 12.5 Å². The van der Waals surface area contributed by atoms with Gasteiger partial charge in [0.15, 0.2) is 11.3 Å². The first kappa shape index (κ1) is 62.7. The molecule has 0 spiro atoms. The molecule has 31 heteroatoms. The number of aromatic nitrogens is 8. The lowest BCUT2D eigenvalue weighted by Crippen LogP contribution is -2.37. The molecule has 4 aliphatic rings. The summed E-state index contributed by atoms with van der Waals surface area (Å²) in [6.45, 7) is 1.36. The summed E-state index contributed by atoms with van der Waals surface area (Å²) < 4.78 is 193. The summed E-state index contributed by atoms with van der Waals surface area (Å²) in [4.78, 5) is 63.6. The molecular formula is C56H61F13N12O6. The molecule has 0 radical (unpaired) electrons.